The number of aryl methyl sites for hydroxylation is 1. The number of nitrogens with one attached hydrogen (secondary N) is 1. The van der Waals surface area contributed by atoms with E-state index >= 15 is 0 Å². The molecule has 2 aromatic carbocycles. The first-order chi connectivity index (χ1) is 19.0. The Balaban J connectivity index is 1.49. The number of nitrogens with zero attached hydrogens (tertiary/aromatic N) is 5. The Labute approximate surface area is 239 Å². The third-order valence-electron chi connectivity index (χ3n) is 6.21. The number of aromatic nitrogens is 5. The van der Waals surface area contributed by atoms with Crippen molar-refractivity contribution in [3.63, 3.8) is 0 Å². The van der Waals surface area contributed by atoms with Gasteiger partial charge in [-0.25, -0.2) is 9.50 Å². The highest BCUT2D eigenvalue weighted by Crippen LogP contribution is 2.35. The molecule has 0 spiro atoms. The number of carbonyl (C=O) groups is 1. The van der Waals surface area contributed by atoms with Crippen LogP contribution in [0, 0.1) is 13.8 Å². The molecule has 5 aromatic rings. The van der Waals surface area contributed by atoms with Crippen LogP contribution in [0.5, 0.6) is 5.75 Å². The van der Waals surface area contributed by atoms with E-state index < -0.39 is 23.5 Å². The number of amides is 1. The van der Waals surface area contributed by atoms with E-state index in [-0.39, 0.29) is 16.4 Å². The van der Waals surface area contributed by atoms with Gasteiger partial charge in [-0.3, -0.25) is 9.48 Å². The first-order valence-corrected chi connectivity index (χ1v) is 13.0. The van der Waals surface area contributed by atoms with E-state index in [0.717, 1.165) is 27.5 Å². The van der Waals surface area contributed by atoms with Crippen LogP contribution in [0.2, 0.25) is 5.02 Å². The molecule has 0 fully saturated rings. The minimum Gasteiger partial charge on any atom is -0.497 e. The summed E-state index contributed by atoms with van der Waals surface area (Å²) in [7, 11) is 1.45. The fourth-order valence-corrected chi connectivity index (χ4v) is 4.74. The lowest BCUT2D eigenvalue weighted by Gasteiger charge is -2.11. The standard InChI is InChI=1S/C27H21BrClF3N6O2/c1-14-22(28)15(2)37(35-14)13-16-6-4-8-18(10-16)33-26(39)24-23(29)25-34-20(17-7-5-9-19(11-17)40-3)12-21(27(30,31)32)38(25)36-24/h4-12H,13H2,1-3H3,(H,33,39). The maximum Gasteiger partial charge on any atom is 0.433 e. The average Bonchev–Trinajstić information content (AvgIpc) is 3.38. The number of fused-ring (bicyclic) bond motifs is 1. The third kappa shape index (κ3) is 5.28. The molecular weight excluding hydrogens is 613 g/mol. The van der Waals surface area contributed by atoms with E-state index in [0.29, 0.717) is 28.1 Å². The van der Waals surface area contributed by atoms with E-state index in [9.17, 15) is 18.0 Å². The van der Waals surface area contributed by atoms with Gasteiger partial charge in [0, 0.05) is 11.3 Å². The lowest BCUT2D eigenvalue weighted by molar-refractivity contribution is -0.142. The minimum atomic E-state index is -4.80. The van der Waals surface area contributed by atoms with E-state index in [2.05, 4.69) is 36.4 Å². The molecule has 0 atom stereocenters. The summed E-state index contributed by atoms with van der Waals surface area (Å²) in [6, 6.07) is 14.3. The molecule has 0 aliphatic rings. The zero-order valence-electron chi connectivity index (χ0n) is 21.3. The van der Waals surface area contributed by atoms with Crippen molar-refractivity contribution < 1.29 is 22.7 Å². The molecule has 0 radical (unpaired) electrons. The van der Waals surface area contributed by atoms with E-state index in [4.69, 9.17) is 16.3 Å². The van der Waals surface area contributed by atoms with E-state index in [1.54, 1.807) is 42.5 Å². The van der Waals surface area contributed by atoms with Gasteiger partial charge in [-0.2, -0.15) is 23.4 Å². The minimum absolute atomic E-state index is 0.00373. The highest BCUT2D eigenvalue weighted by molar-refractivity contribution is 9.10. The number of anilines is 1. The van der Waals surface area contributed by atoms with Gasteiger partial charge in [0.25, 0.3) is 5.91 Å². The molecule has 1 N–H and O–H groups in total. The Morgan fingerprint density at radius 2 is 1.85 bits per heavy atom. The topological polar surface area (TPSA) is 86.3 Å². The van der Waals surface area contributed by atoms with Crippen LogP contribution in [0.25, 0.3) is 16.9 Å². The average molecular weight is 634 g/mol. The highest BCUT2D eigenvalue weighted by Gasteiger charge is 2.36. The zero-order chi connectivity index (χ0) is 28.8. The summed E-state index contributed by atoms with van der Waals surface area (Å²) < 4.78 is 50.6. The second kappa shape index (κ2) is 10.6. The molecule has 13 heteroatoms. The van der Waals surface area contributed by atoms with Gasteiger partial charge in [0.2, 0.25) is 0 Å². The number of benzene rings is 2. The zero-order valence-corrected chi connectivity index (χ0v) is 23.7. The molecule has 0 aliphatic carbocycles. The van der Waals surface area contributed by atoms with Gasteiger partial charge in [-0.1, -0.05) is 35.9 Å². The summed E-state index contributed by atoms with van der Waals surface area (Å²) in [5, 5.41) is 10.8. The predicted octanol–water partition coefficient (Wildman–Crippen LogP) is 6.95. The van der Waals surface area contributed by atoms with Crippen molar-refractivity contribution in [3.8, 4) is 17.0 Å². The lowest BCUT2D eigenvalue weighted by atomic mass is 10.1. The summed E-state index contributed by atoms with van der Waals surface area (Å²) in [6.45, 7) is 4.27. The molecule has 0 unspecified atom stereocenters. The van der Waals surface area contributed by atoms with Crippen LogP contribution >= 0.6 is 27.5 Å². The van der Waals surface area contributed by atoms with Gasteiger partial charge in [0.1, 0.15) is 10.8 Å². The van der Waals surface area contributed by atoms with E-state index in [1.807, 2.05) is 24.6 Å². The van der Waals surface area contributed by atoms with Gasteiger partial charge in [-0.15, -0.1) is 0 Å². The maximum absolute atomic E-state index is 14.1. The molecule has 206 valence electrons. The second-order valence-electron chi connectivity index (χ2n) is 8.95. The predicted molar refractivity (Wildman–Crippen MR) is 148 cm³/mol. The maximum atomic E-state index is 14.1. The first-order valence-electron chi connectivity index (χ1n) is 11.9. The molecule has 5 rings (SSSR count). The van der Waals surface area contributed by atoms with Crippen LogP contribution < -0.4 is 10.1 Å². The largest absolute Gasteiger partial charge is 0.497 e. The van der Waals surface area contributed by atoms with Crippen molar-refractivity contribution in [2.75, 3.05) is 12.4 Å². The summed E-state index contributed by atoms with van der Waals surface area (Å²) in [6.07, 6.45) is -4.80. The van der Waals surface area contributed by atoms with Crippen molar-refractivity contribution in [3.05, 3.63) is 92.4 Å². The van der Waals surface area contributed by atoms with Crippen LogP contribution in [0.4, 0.5) is 18.9 Å². The van der Waals surface area contributed by atoms with Crippen LogP contribution in [-0.2, 0) is 12.7 Å². The first kappa shape index (κ1) is 27.7. The third-order valence-corrected chi connectivity index (χ3v) is 7.71. The highest BCUT2D eigenvalue weighted by atomic mass is 79.9. The Morgan fingerprint density at radius 1 is 1.10 bits per heavy atom. The van der Waals surface area contributed by atoms with Gasteiger partial charge in [0.15, 0.2) is 17.0 Å². The van der Waals surface area contributed by atoms with Crippen LogP contribution in [0.15, 0.2) is 59.1 Å². The van der Waals surface area contributed by atoms with Crippen LogP contribution in [0.3, 0.4) is 0 Å². The Kier molecular flexibility index (Phi) is 7.32. The van der Waals surface area contributed by atoms with Crippen LogP contribution in [0.1, 0.15) is 33.1 Å². The number of carbonyl (C=O) groups excluding carboxylic acids is 1. The molecule has 3 heterocycles. The summed E-state index contributed by atoms with van der Waals surface area (Å²) >= 11 is 9.92. The van der Waals surface area contributed by atoms with Crippen molar-refractivity contribution in [1.29, 1.82) is 0 Å². The molecule has 0 saturated carbocycles. The number of ether oxygens (including phenoxy) is 1. The monoisotopic (exact) mass is 632 g/mol. The number of rotatable bonds is 6. The Morgan fingerprint density at radius 3 is 2.52 bits per heavy atom. The van der Waals surface area contributed by atoms with Crippen molar-refractivity contribution in [2.24, 2.45) is 0 Å². The molecular formula is C27H21BrClF3N6O2. The molecule has 8 nitrogen and oxygen atoms in total. The molecule has 0 saturated heterocycles. The molecule has 3 aromatic heterocycles. The smallest absolute Gasteiger partial charge is 0.433 e. The SMILES string of the molecule is COc1cccc(-c2cc(C(F)(F)F)n3nc(C(=O)Nc4cccc(Cn5nc(C)c(Br)c5C)c4)c(Cl)c3n2)c1. The fraction of sp³-hybridized carbons (Fsp3) is 0.185. The van der Waals surface area contributed by atoms with Gasteiger partial charge in [0.05, 0.1) is 35.2 Å². The van der Waals surface area contributed by atoms with Gasteiger partial charge < -0.3 is 10.1 Å². The second-order valence-corrected chi connectivity index (χ2v) is 10.1. The number of hydrogen-bond acceptors (Lipinski definition) is 5. The van der Waals surface area contributed by atoms with E-state index in [1.165, 1.54) is 7.11 Å². The number of halogens is 5. The van der Waals surface area contributed by atoms with Crippen LogP contribution in [-0.4, -0.2) is 37.4 Å². The molecule has 0 aliphatic heterocycles. The van der Waals surface area contributed by atoms with Crippen molar-refractivity contribution >= 4 is 44.8 Å². The number of hydrogen-bond donors (Lipinski definition) is 1. The summed E-state index contributed by atoms with van der Waals surface area (Å²) in [4.78, 5) is 17.5. The summed E-state index contributed by atoms with van der Waals surface area (Å²) in [5.41, 5.74) is 1.61. The van der Waals surface area contributed by atoms with Gasteiger partial charge >= 0.3 is 6.18 Å². The van der Waals surface area contributed by atoms with Gasteiger partial charge in [-0.05, 0) is 65.7 Å². The molecule has 40 heavy (non-hydrogen) atoms. The lowest BCUT2D eigenvalue weighted by Crippen LogP contribution is -2.16. The van der Waals surface area contributed by atoms with Crippen molar-refractivity contribution in [1.82, 2.24) is 24.4 Å². The Bertz CT molecular complexity index is 1770. The quantitative estimate of drug-likeness (QED) is 0.219. The molecule has 1 amide bonds. The Hall–Kier alpha value is -3.90. The normalized spacial score (nSPS) is 11.7. The molecule has 0 bridgehead atoms. The summed E-state index contributed by atoms with van der Waals surface area (Å²) in [5.74, 6) is -0.335. The fourth-order valence-electron chi connectivity index (χ4n) is 4.21. The van der Waals surface area contributed by atoms with Crippen molar-refractivity contribution in [2.45, 2.75) is 26.6 Å². The number of alkyl halides is 3. The number of methoxy groups -OCH3 is 1.